The van der Waals surface area contributed by atoms with Gasteiger partial charge in [-0.15, -0.1) is 0 Å². The van der Waals surface area contributed by atoms with Gasteiger partial charge >= 0.3 is 0 Å². The van der Waals surface area contributed by atoms with E-state index in [0.29, 0.717) is 0 Å². The highest BCUT2D eigenvalue weighted by Crippen LogP contribution is 2.43. The zero-order valence-electron chi connectivity index (χ0n) is 19.0. The lowest BCUT2D eigenvalue weighted by Crippen LogP contribution is -2.60. The maximum absolute atomic E-state index is 12.8. The Morgan fingerprint density at radius 2 is 1.64 bits per heavy atom. The average Bonchev–Trinajstić information content (AvgIpc) is 2.86. The second-order valence-electron chi connectivity index (χ2n) is 7.94. The number of hydrogen-bond donors (Lipinski definition) is 7. The molecule has 1 saturated heterocycles. The molecule has 0 saturated carbocycles. The summed E-state index contributed by atoms with van der Waals surface area (Å²) in [6, 6.07) is 4.89. The van der Waals surface area contributed by atoms with Gasteiger partial charge < -0.3 is 59.1 Å². The Labute approximate surface area is 202 Å². The minimum absolute atomic E-state index is 0.000995. The van der Waals surface area contributed by atoms with Crippen LogP contribution in [0.15, 0.2) is 33.5 Å². The molecule has 1 aromatic heterocycles. The standard InChI is InChI=1S/C23H24O13/c1-32-12-5-8(3-4-11(12)34-23-19(31)17(29)15(27)13(7-24)35-23)20-18(30)16(28)14-9(25)6-10(26)21(33-2)22(14)36-20/h3-6,13,15,17,19,23-27,29-31H,7H2,1-2H3/t13-,15-,17+,19-,23-/m1/s1. The highest BCUT2D eigenvalue weighted by atomic mass is 16.7. The van der Waals surface area contributed by atoms with Crippen LogP contribution in [-0.4, -0.2) is 87.3 Å². The molecule has 0 amide bonds. The topological polar surface area (TPSA) is 209 Å². The number of ether oxygens (including phenoxy) is 4. The minimum atomic E-state index is -1.66. The molecule has 0 spiro atoms. The van der Waals surface area contributed by atoms with E-state index >= 15 is 0 Å². The van der Waals surface area contributed by atoms with Crippen LogP contribution in [0.1, 0.15) is 0 Å². The first-order valence-corrected chi connectivity index (χ1v) is 10.6. The Morgan fingerprint density at radius 1 is 0.917 bits per heavy atom. The van der Waals surface area contributed by atoms with Crippen molar-refractivity contribution in [2.45, 2.75) is 30.7 Å². The van der Waals surface area contributed by atoms with E-state index in [1.165, 1.54) is 32.4 Å². The third-order valence-electron chi connectivity index (χ3n) is 5.78. The monoisotopic (exact) mass is 508 g/mol. The number of aromatic hydroxyl groups is 3. The molecule has 7 N–H and O–H groups in total. The molecule has 13 nitrogen and oxygen atoms in total. The highest BCUT2D eigenvalue weighted by Gasteiger charge is 2.45. The largest absolute Gasteiger partial charge is 0.507 e. The molecule has 1 aliphatic heterocycles. The van der Waals surface area contributed by atoms with Gasteiger partial charge in [-0.3, -0.25) is 4.79 Å². The summed E-state index contributed by atoms with van der Waals surface area (Å²) in [7, 11) is 2.50. The van der Waals surface area contributed by atoms with Crippen LogP contribution in [0.25, 0.3) is 22.3 Å². The Kier molecular flexibility index (Phi) is 6.84. The van der Waals surface area contributed by atoms with Gasteiger partial charge in [-0.05, 0) is 18.2 Å². The van der Waals surface area contributed by atoms with Gasteiger partial charge in [0.05, 0.1) is 20.8 Å². The van der Waals surface area contributed by atoms with Crippen LogP contribution < -0.4 is 19.6 Å². The number of hydrogen-bond acceptors (Lipinski definition) is 13. The van der Waals surface area contributed by atoms with Gasteiger partial charge in [-0.25, -0.2) is 0 Å². The van der Waals surface area contributed by atoms with Crippen molar-refractivity contribution >= 4 is 11.0 Å². The third-order valence-corrected chi connectivity index (χ3v) is 5.78. The van der Waals surface area contributed by atoms with E-state index in [0.717, 1.165) is 6.07 Å². The fourth-order valence-electron chi connectivity index (χ4n) is 3.89. The summed E-state index contributed by atoms with van der Waals surface area (Å²) in [4.78, 5) is 12.8. The van der Waals surface area contributed by atoms with Crippen LogP contribution in [0, 0.1) is 0 Å². The van der Waals surface area contributed by atoms with Crippen LogP contribution in [0.2, 0.25) is 0 Å². The van der Waals surface area contributed by atoms with Crippen LogP contribution in [0.3, 0.4) is 0 Å². The van der Waals surface area contributed by atoms with Crippen molar-refractivity contribution < 1.29 is 59.1 Å². The number of aliphatic hydroxyl groups excluding tert-OH is 4. The van der Waals surface area contributed by atoms with Crippen LogP contribution in [0.5, 0.6) is 34.5 Å². The van der Waals surface area contributed by atoms with Crippen molar-refractivity contribution in [3.05, 3.63) is 34.5 Å². The Hall–Kier alpha value is -3.75. The number of phenolic OH excluding ortho intramolecular Hbond substituents is 2. The number of phenols is 2. The summed E-state index contributed by atoms with van der Waals surface area (Å²) < 4.78 is 27.0. The third kappa shape index (κ3) is 4.12. The van der Waals surface area contributed by atoms with Gasteiger partial charge in [0, 0.05) is 11.6 Å². The minimum Gasteiger partial charge on any atom is -0.507 e. The van der Waals surface area contributed by atoms with Crippen LogP contribution in [-0.2, 0) is 4.74 Å². The molecular weight excluding hydrogens is 484 g/mol. The molecular formula is C23H24O13. The summed E-state index contributed by atoms with van der Waals surface area (Å²) in [6.07, 6.45) is -7.56. The van der Waals surface area contributed by atoms with E-state index < -0.39 is 65.4 Å². The Balaban J connectivity index is 1.76. The number of methoxy groups -OCH3 is 2. The van der Waals surface area contributed by atoms with E-state index in [4.69, 9.17) is 23.4 Å². The molecule has 36 heavy (non-hydrogen) atoms. The maximum atomic E-state index is 12.8. The van der Waals surface area contributed by atoms with Crippen LogP contribution in [0.4, 0.5) is 0 Å². The molecule has 5 atom stereocenters. The lowest BCUT2D eigenvalue weighted by molar-refractivity contribution is -0.277. The fraction of sp³-hybridized carbons (Fsp3) is 0.348. The first-order chi connectivity index (χ1) is 17.1. The predicted molar refractivity (Wildman–Crippen MR) is 120 cm³/mol. The van der Waals surface area contributed by atoms with Crippen molar-refractivity contribution in [3.63, 3.8) is 0 Å². The first kappa shape index (κ1) is 25.3. The van der Waals surface area contributed by atoms with Crippen molar-refractivity contribution in [2.75, 3.05) is 20.8 Å². The van der Waals surface area contributed by atoms with Gasteiger partial charge in [0.2, 0.25) is 23.2 Å². The van der Waals surface area contributed by atoms with Crippen molar-refractivity contribution in [3.8, 4) is 45.8 Å². The van der Waals surface area contributed by atoms with Gasteiger partial charge in [0.25, 0.3) is 0 Å². The van der Waals surface area contributed by atoms with Crippen LogP contribution >= 0.6 is 0 Å². The molecule has 0 bridgehead atoms. The summed E-state index contributed by atoms with van der Waals surface area (Å²) in [5, 5.41) is 69.7. The van der Waals surface area contributed by atoms with Gasteiger partial charge in [0.15, 0.2) is 28.6 Å². The Bertz CT molecular complexity index is 1330. The molecule has 4 rings (SSSR count). The molecule has 0 aliphatic carbocycles. The zero-order valence-corrected chi connectivity index (χ0v) is 19.0. The summed E-state index contributed by atoms with van der Waals surface area (Å²) in [5.74, 6) is -2.51. The van der Waals surface area contributed by atoms with E-state index in [-0.39, 0.29) is 34.2 Å². The number of rotatable bonds is 6. The van der Waals surface area contributed by atoms with E-state index in [1.807, 2.05) is 0 Å². The molecule has 194 valence electrons. The fourth-order valence-corrected chi connectivity index (χ4v) is 3.89. The molecule has 0 radical (unpaired) electrons. The predicted octanol–water partition coefficient (Wildman–Crippen LogP) is -0.227. The second kappa shape index (κ2) is 9.72. The number of aliphatic hydroxyl groups is 4. The van der Waals surface area contributed by atoms with Gasteiger partial charge in [-0.2, -0.15) is 0 Å². The SMILES string of the molecule is COc1cc(-c2oc3c(OC)c(O)cc(O)c3c(=O)c2O)ccc1O[C@@H]1O[C@H](CO)[C@@H](O)[C@H](O)[C@H]1O. The zero-order chi connectivity index (χ0) is 26.3. The number of fused-ring (bicyclic) bond motifs is 1. The molecule has 13 heteroatoms. The molecule has 1 fully saturated rings. The second-order valence-corrected chi connectivity index (χ2v) is 7.94. The summed E-state index contributed by atoms with van der Waals surface area (Å²) in [6.45, 7) is -0.643. The Morgan fingerprint density at radius 3 is 2.28 bits per heavy atom. The molecule has 1 aliphatic rings. The lowest BCUT2D eigenvalue weighted by atomic mass is 9.99. The molecule has 2 heterocycles. The normalized spacial score (nSPS) is 24.0. The highest BCUT2D eigenvalue weighted by molar-refractivity contribution is 5.93. The van der Waals surface area contributed by atoms with Crippen molar-refractivity contribution in [1.29, 1.82) is 0 Å². The lowest BCUT2D eigenvalue weighted by Gasteiger charge is -2.39. The molecule has 0 unspecified atom stereocenters. The summed E-state index contributed by atoms with van der Waals surface area (Å²) in [5.41, 5.74) is -1.18. The van der Waals surface area contributed by atoms with E-state index in [2.05, 4.69) is 0 Å². The quantitative estimate of drug-likeness (QED) is 0.230. The van der Waals surface area contributed by atoms with E-state index in [9.17, 15) is 40.5 Å². The maximum Gasteiger partial charge on any atom is 0.238 e. The first-order valence-electron chi connectivity index (χ1n) is 10.6. The average molecular weight is 508 g/mol. The smallest absolute Gasteiger partial charge is 0.238 e. The van der Waals surface area contributed by atoms with Gasteiger partial charge in [-0.1, -0.05) is 0 Å². The van der Waals surface area contributed by atoms with Crippen molar-refractivity contribution in [1.82, 2.24) is 0 Å². The molecule has 2 aromatic carbocycles. The summed E-state index contributed by atoms with van der Waals surface area (Å²) >= 11 is 0. The van der Waals surface area contributed by atoms with Crippen molar-refractivity contribution in [2.24, 2.45) is 0 Å². The van der Waals surface area contributed by atoms with E-state index in [1.54, 1.807) is 0 Å². The molecule has 3 aromatic rings. The number of benzene rings is 2. The van der Waals surface area contributed by atoms with Gasteiger partial charge in [0.1, 0.15) is 35.6 Å².